The van der Waals surface area contributed by atoms with Crippen molar-refractivity contribution in [2.24, 2.45) is 0 Å². The lowest BCUT2D eigenvalue weighted by molar-refractivity contribution is 0.578. The molecule has 3 aliphatic rings. The lowest BCUT2D eigenvalue weighted by Crippen LogP contribution is -2.26. The molecule has 0 radical (unpaired) electrons. The van der Waals surface area contributed by atoms with Crippen LogP contribution in [0.1, 0.15) is 83.7 Å². The predicted molar refractivity (Wildman–Crippen MR) is 231 cm³/mol. The molecular formula is C54H44. The Labute approximate surface area is 318 Å². The van der Waals surface area contributed by atoms with Crippen molar-refractivity contribution in [3.63, 3.8) is 0 Å². The number of fused-ring (bicyclic) bond motifs is 3. The minimum Gasteiger partial charge on any atom is -0.0794 e. The summed E-state index contributed by atoms with van der Waals surface area (Å²) < 4.78 is 0. The van der Waals surface area contributed by atoms with Crippen LogP contribution in [0, 0.1) is 0 Å². The van der Waals surface area contributed by atoms with Gasteiger partial charge in [-0.05, 0) is 144 Å². The predicted octanol–water partition coefficient (Wildman–Crippen LogP) is 12.9. The van der Waals surface area contributed by atoms with Gasteiger partial charge in [0, 0.05) is 5.92 Å². The first-order chi connectivity index (χ1) is 26.8. The number of hydrogen-bond donors (Lipinski definition) is 0. The number of rotatable bonds is 6. The van der Waals surface area contributed by atoms with Gasteiger partial charge in [-0.2, -0.15) is 0 Å². The van der Waals surface area contributed by atoms with Crippen LogP contribution < -0.4 is 10.4 Å². The van der Waals surface area contributed by atoms with Gasteiger partial charge in [0.25, 0.3) is 0 Å². The monoisotopic (exact) mass is 692 g/mol. The Balaban J connectivity index is 1.28. The van der Waals surface area contributed by atoms with Gasteiger partial charge in [0.05, 0.1) is 0 Å². The molecule has 10 rings (SSSR count). The molecule has 2 unspecified atom stereocenters. The van der Waals surface area contributed by atoms with E-state index in [1.165, 1.54) is 87.7 Å². The van der Waals surface area contributed by atoms with Crippen molar-refractivity contribution in [3.05, 3.63) is 214 Å². The van der Waals surface area contributed by atoms with Crippen LogP contribution in [0.25, 0.3) is 56.0 Å². The van der Waals surface area contributed by atoms with Crippen molar-refractivity contribution in [2.75, 3.05) is 0 Å². The van der Waals surface area contributed by atoms with E-state index in [9.17, 15) is 0 Å². The maximum absolute atomic E-state index is 2.61. The Kier molecular flexibility index (Phi) is 8.53. The molecule has 0 aromatic heterocycles. The van der Waals surface area contributed by atoms with Gasteiger partial charge < -0.3 is 0 Å². The molecule has 0 heteroatoms. The number of benzene rings is 7. The minimum atomic E-state index is 0.291. The van der Waals surface area contributed by atoms with Gasteiger partial charge in [-0.3, -0.25) is 0 Å². The molecule has 260 valence electrons. The van der Waals surface area contributed by atoms with Crippen LogP contribution in [0.2, 0.25) is 0 Å². The lowest BCUT2D eigenvalue weighted by atomic mass is 9.71. The largest absolute Gasteiger partial charge is 0.0794 e. The van der Waals surface area contributed by atoms with Crippen molar-refractivity contribution >= 4 is 56.0 Å². The standard InChI is InChI=1S/C54H44/c1-5-17-37(18-6-1)43-29-31-47(49(33-43)39-21-9-3-10-22-39)53-45-27-15-16-28-46(45)54(52-36-42-26-14-13-25-41(42)35-51(52)53)48-32-30-44(38-19-7-2-8-20-38)34-50(48)40-23-11-4-12-24-40/h1-12,15-28,31,34-36,43,49H,13-14,29-30,32-33H2. The summed E-state index contributed by atoms with van der Waals surface area (Å²) in [5, 5.41) is 8.23. The highest BCUT2D eigenvalue weighted by Crippen LogP contribution is 2.51. The Hall–Kier alpha value is -5.98. The molecule has 0 saturated heterocycles. The normalized spacial score (nSPS) is 18.4. The van der Waals surface area contributed by atoms with Crippen molar-refractivity contribution in [1.29, 1.82) is 0 Å². The highest BCUT2D eigenvalue weighted by Gasteiger charge is 2.31. The molecule has 3 aliphatic carbocycles. The summed E-state index contributed by atoms with van der Waals surface area (Å²) in [4.78, 5) is 0. The van der Waals surface area contributed by atoms with Gasteiger partial charge >= 0.3 is 0 Å². The summed E-state index contributed by atoms with van der Waals surface area (Å²) in [7, 11) is 0. The van der Waals surface area contributed by atoms with E-state index < -0.39 is 0 Å². The minimum absolute atomic E-state index is 0.291. The first kappa shape index (κ1) is 32.7. The zero-order valence-corrected chi connectivity index (χ0v) is 30.7. The van der Waals surface area contributed by atoms with Crippen LogP contribution in [0.5, 0.6) is 0 Å². The van der Waals surface area contributed by atoms with Gasteiger partial charge in [-0.15, -0.1) is 0 Å². The smallest absolute Gasteiger partial charge is 0.00984 e. The van der Waals surface area contributed by atoms with Gasteiger partial charge in [-0.25, -0.2) is 0 Å². The van der Waals surface area contributed by atoms with Crippen molar-refractivity contribution in [1.82, 2.24) is 0 Å². The molecule has 0 fully saturated rings. The van der Waals surface area contributed by atoms with Crippen molar-refractivity contribution < 1.29 is 0 Å². The van der Waals surface area contributed by atoms with E-state index in [2.05, 4.69) is 182 Å². The third-order valence-electron chi connectivity index (χ3n) is 12.2. The Morgan fingerprint density at radius 2 is 0.981 bits per heavy atom. The van der Waals surface area contributed by atoms with E-state index in [1.54, 1.807) is 0 Å². The highest BCUT2D eigenvalue weighted by molar-refractivity contribution is 6.20. The summed E-state index contributed by atoms with van der Waals surface area (Å²) in [6.45, 7) is 0. The van der Waals surface area contributed by atoms with Crippen LogP contribution in [-0.2, 0) is 0 Å². The average Bonchev–Trinajstić information content (AvgIpc) is 3.26. The maximum atomic E-state index is 2.61. The van der Waals surface area contributed by atoms with E-state index in [0.29, 0.717) is 11.8 Å². The van der Waals surface area contributed by atoms with Crippen molar-refractivity contribution in [3.8, 4) is 0 Å². The second-order valence-electron chi connectivity index (χ2n) is 15.3. The van der Waals surface area contributed by atoms with Gasteiger partial charge in [-0.1, -0.05) is 170 Å². The van der Waals surface area contributed by atoms with E-state index in [4.69, 9.17) is 0 Å². The lowest BCUT2D eigenvalue weighted by Gasteiger charge is -2.33. The SMILES string of the molecule is C1=C(c2ccccc2)CCC(c2c3ccccc3c(C3=CCC(c4ccccc4)CC3c3ccccc3)c3cc4c(cc23)=CCCC=4)=C1c1ccccc1. The number of hydrogen-bond acceptors (Lipinski definition) is 0. The fourth-order valence-corrected chi connectivity index (χ4v) is 9.66. The zero-order chi connectivity index (χ0) is 35.8. The molecule has 0 amide bonds. The number of allylic oxidation sites excluding steroid dienone is 6. The molecule has 7 aromatic rings. The molecule has 0 N–H and O–H groups in total. The Morgan fingerprint density at radius 1 is 0.444 bits per heavy atom. The van der Waals surface area contributed by atoms with E-state index in [0.717, 1.165) is 38.5 Å². The average molecular weight is 693 g/mol. The molecule has 2 atom stereocenters. The summed E-state index contributed by atoms with van der Waals surface area (Å²) in [6.07, 6.45) is 16.4. The molecule has 0 spiro atoms. The van der Waals surface area contributed by atoms with E-state index >= 15 is 0 Å². The molecule has 0 saturated carbocycles. The molecule has 0 nitrogen and oxygen atoms in total. The third kappa shape index (κ3) is 5.87. The molecule has 7 aromatic carbocycles. The Bertz CT molecular complexity index is 2730. The van der Waals surface area contributed by atoms with Crippen molar-refractivity contribution in [2.45, 2.75) is 50.4 Å². The van der Waals surface area contributed by atoms with Gasteiger partial charge in [0.1, 0.15) is 0 Å². The maximum Gasteiger partial charge on any atom is 0.00984 e. The molecule has 0 aliphatic heterocycles. The molecule has 0 heterocycles. The first-order valence-electron chi connectivity index (χ1n) is 19.8. The van der Waals surface area contributed by atoms with Crippen LogP contribution >= 0.6 is 0 Å². The van der Waals surface area contributed by atoms with Gasteiger partial charge in [0.15, 0.2) is 0 Å². The summed E-state index contributed by atoms with van der Waals surface area (Å²) in [6, 6.07) is 59.0. The van der Waals surface area contributed by atoms with E-state index in [-0.39, 0.29) is 0 Å². The van der Waals surface area contributed by atoms with Crippen LogP contribution in [0.15, 0.2) is 170 Å². The molecular weight excluding hydrogens is 649 g/mol. The fraction of sp³-hybridized carbons (Fsp3) is 0.148. The Morgan fingerprint density at radius 3 is 1.63 bits per heavy atom. The van der Waals surface area contributed by atoms with Crippen LogP contribution in [0.3, 0.4) is 0 Å². The zero-order valence-electron chi connectivity index (χ0n) is 30.7. The van der Waals surface area contributed by atoms with Crippen LogP contribution in [0.4, 0.5) is 0 Å². The summed E-state index contributed by atoms with van der Waals surface area (Å²) in [5.41, 5.74) is 14.0. The molecule has 0 bridgehead atoms. The second-order valence-corrected chi connectivity index (χ2v) is 15.3. The highest BCUT2D eigenvalue weighted by atomic mass is 14.3. The third-order valence-corrected chi connectivity index (χ3v) is 12.2. The first-order valence-corrected chi connectivity index (χ1v) is 19.8. The summed E-state index contributed by atoms with van der Waals surface area (Å²) >= 11 is 0. The molecule has 54 heavy (non-hydrogen) atoms. The topological polar surface area (TPSA) is 0 Å². The quantitative estimate of drug-likeness (QED) is 0.152. The second kappa shape index (κ2) is 14.1. The fourth-order valence-electron chi connectivity index (χ4n) is 9.66. The van der Waals surface area contributed by atoms with Gasteiger partial charge in [0.2, 0.25) is 0 Å². The van der Waals surface area contributed by atoms with Crippen LogP contribution in [-0.4, -0.2) is 0 Å². The van der Waals surface area contributed by atoms with E-state index in [1.807, 2.05) is 0 Å². The summed E-state index contributed by atoms with van der Waals surface area (Å²) in [5.74, 6) is 0.776.